The topological polar surface area (TPSA) is 148 Å². The van der Waals surface area contributed by atoms with Gasteiger partial charge in [0.05, 0.1) is 10.8 Å². The Morgan fingerprint density at radius 1 is 1.09 bits per heavy atom. The second-order valence-electron chi connectivity index (χ2n) is 7.82. The maximum absolute atomic E-state index is 13.0. The Morgan fingerprint density at radius 3 is 2.66 bits per heavy atom. The molecular weight excluding hydrogens is 490 g/mol. The molecule has 1 amide bonds. The second kappa shape index (κ2) is 9.76. The van der Waals surface area contributed by atoms with E-state index in [1.165, 1.54) is 42.3 Å². The molecule has 0 spiro atoms. The molecule has 5 rings (SSSR count). The zero-order valence-corrected chi connectivity index (χ0v) is 20.0. The van der Waals surface area contributed by atoms with Gasteiger partial charge in [0.2, 0.25) is 5.91 Å². The summed E-state index contributed by atoms with van der Waals surface area (Å²) in [6.45, 7) is 1.28. The SMILES string of the molecule is O=C(Nc1ccc(S(=O)(=O)Nc2nccs2)cc1)C1CCCN(c2cc(-n3cncn3)ncn2)C1. The molecule has 4 heterocycles. The quantitative estimate of drug-likeness (QED) is 0.381. The molecule has 180 valence electrons. The van der Waals surface area contributed by atoms with E-state index in [0.29, 0.717) is 29.0 Å². The number of nitrogens with zero attached hydrogens (tertiary/aromatic N) is 7. The van der Waals surface area contributed by atoms with Crippen molar-refractivity contribution in [3.8, 4) is 5.82 Å². The molecule has 0 bridgehead atoms. The molecule has 1 atom stereocenters. The maximum atomic E-state index is 13.0. The van der Waals surface area contributed by atoms with Crippen LogP contribution >= 0.6 is 11.3 Å². The van der Waals surface area contributed by atoms with Crippen LogP contribution in [0.1, 0.15) is 12.8 Å². The van der Waals surface area contributed by atoms with Crippen molar-refractivity contribution >= 4 is 43.9 Å². The van der Waals surface area contributed by atoms with Gasteiger partial charge in [0.25, 0.3) is 10.0 Å². The Labute approximate surface area is 205 Å². The fraction of sp³-hybridized carbons (Fsp3) is 0.238. The fourth-order valence-electron chi connectivity index (χ4n) is 3.77. The fourth-order valence-corrected chi connectivity index (χ4v) is 5.56. The van der Waals surface area contributed by atoms with Crippen molar-refractivity contribution in [3.05, 3.63) is 60.9 Å². The van der Waals surface area contributed by atoms with Crippen LogP contribution in [0.15, 0.2) is 65.8 Å². The molecule has 1 unspecified atom stereocenters. The molecule has 1 saturated heterocycles. The van der Waals surface area contributed by atoms with Crippen molar-refractivity contribution in [2.24, 2.45) is 5.92 Å². The average Bonchev–Trinajstić information content (AvgIpc) is 3.59. The van der Waals surface area contributed by atoms with Gasteiger partial charge in [0, 0.05) is 36.4 Å². The third-order valence-electron chi connectivity index (χ3n) is 5.49. The summed E-state index contributed by atoms with van der Waals surface area (Å²) in [5.74, 6) is 0.934. The van der Waals surface area contributed by atoms with E-state index in [9.17, 15) is 13.2 Å². The number of hydrogen-bond donors (Lipinski definition) is 2. The minimum atomic E-state index is -3.75. The molecule has 14 heteroatoms. The number of amides is 1. The highest BCUT2D eigenvalue weighted by Gasteiger charge is 2.27. The number of carbonyl (C=O) groups excluding carboxylic acids is 1. The Hall–Kier alpha value is -3.91. The van der Waals surface area contributed by atoms with Crippen LogP contribution in [0, 0.1) is 5.92 Å². The highest BCUT2D eigenvalue weighted by Crippen LogP contribution is 2.24. The number of sulfonamides is 1. The lowest BCUT2D eigenvalue weighted by Crippen LogP contribution is -2.41. The number of benzene rings is 1. The summed E-state index contributed by atoms with van der Waals surface area (Å²) in [4.78, 5) is 31.6. The Morgan fingerprint density at radius 2 is 1.91 bits per heavy atom. The lowest BCUT2D eigenvalue weighted by molar-refractivity contribution is -0.120. The Bertz CT molecular complexity index is 1390. The van der Waals surface area contributed by atoms with Crippen molar-refractivity contribution in [3.63, 3.8) is 0 Å². The minimum Gasteiger partial charge on any atom is -0.356 e. The van der Waals surface area contributed by atoms with Crippen LogP contribution in [0.25, 0.3) is 5.82 Å². The highest BCUT2D eigenvalue weighted by molar-refractivity contribution is 7.93. The van der Waals surface area contributed by atoms with E-state index in [-0.39, 0.29) is 16.7 Å². The van der Waals surface area contributed by atoms with Gasteiger partial charge in [-0.05, 0) is 37.1 Å². The number of anilines is 3. The number of rotatable bonds is 7. The van der Waals surface area contributed by atoms with Gasteiger partial charge in [-0.15, -0.1) is 11.3 Å². The molecule has 2 N–H and O–H groups in total. The predicted octanol–water partition coefficient (Wildman–Crippen LogP) is 2.17. The van der Waals surface area contributed by atoms with Crippen LogP contribution in [0.3, 0.4) is 0 Å². The predicted molar refractivity (Wildman–Crippen MR) is 130 cm³/mol. The third-order valence-corrected chi connectivity index (χ3v) is 7.67. The first-order valence-corrected chi connectivity index (χ1v) is 13.1. The average molecular weight is 512 g/mol. The first-order valence-electron chi connectivity index (χ1n) is 10.7. The maximum Gasteiger partial charge on any atom is 0.263 e. The molecule has 3 aromatic heterocycles. The van der Waals surface area contributed by atoms with Gasteiger partial charge in [0.1, 0.15) is 24.8 Å². The van der Waals surface area contributed by atoms with E-state index in [1.807, 2.05) is 6.07 Å². The van der Waals surface area contributed by atoms with E-state index in [2.05, 4.69) is 40.0 Å². The van der Waals surface area contributed by atoms with Gasteiger partial charge < -0.3 is 10.2 Å². The van der Waals surface area contributed by atoms with Crippen LogP contribution in [0.4, 0.5) is 16.6 Å². The zero-order chi connectivity index (χ0) is 24.3. The molecule has 1 aromatic carbocycles. The van der Waals surface area contributed by atoms with Gasteiger partial charge in [-0.1, -0.05) is 0 Å². The van der Waals surface area contributed by atoms with Gasteiger partial charge in [-0.3, -0.25) is 9.52 Å². The summed E-state index contributed by atoms with van der Waals surface area (Å²) < 4.78 is 29.0. The molecule has 0 aliphatic carbocycles. The summed E-state index contributed by atoms with van der Waals surface area (Å²) in [5.41, 5.74) is 0.524. The van der Waals surface area contributed by atoms with Gasteiger partial charge in [0.15, 0.2) is 10.9 Å². The van der Waals surface area contributed by atoms with Crippen LogP contribution < -0.4 is 14.9 Å². The first-order chi connectivity index (χ1) is 17.0. The lowest BCUT2D eigenvalue weighted by atomic mass is 9.97. The van der Waals surface area contributed by atoms with Crippen molar-refractivity contribution in [1.29, 1.82) is 0 Å². The summed E-state index contributed by atoms with van der Waals surface area (Å²) in [7, 11) is -3.75. The molecular formula is C21H21N9O3S2. The number of thiazole rings is 1. The van der Waals surface area contributed by atoms with Gasteiger partial charge >= 0.3 is 0 Å². The molecule has 1 fully saturated rings. The van der Waals surface area contributed by atoms with E-state index >= 15 is 0 Å². The van der Waals surface area contributed by atoms with Crippen molar-refractivity contribution in [2.75, 3.05) is 28.0 Å². The third kappa shape index (κ3) is 5.27. The van der Waals surface area contributed by atoms with Crippen molar-refractivity contribution in [1.82, 2.24) is 29.7 Å². The molecule has 4 aromatic rings. The Kier molecular flexibility index (Phi) is 6.37. The normalized spacial score (nSPS) is 16.1. The second-order valence-corrected chi connectivity index (χ2v) is 10.4. The van der Waals surface area contributed by atoms with E-state index in [4.69, 9.17) is 0 Å². The van der Waals surface area contributed by atoms with Crippen LogP contribution in [0.5, 0.6) is 0 Å². The van der Waals surface area contributed by atoms with Crippen LogP contribution in [-0.4, -0.2) is 57.1 Å². The van der Waals surface area contributed by atoms with Crippen molar-refractivity contribution in [2.45, 2.75) is 17.7 Å². The molecule has 35 heavy (non-hydrogen) atoms. The number of carbonyl (C=O) groups is 1. The summed E-state index contributed by atoms with van der Waals surface area (Å²) in [6, 6.07) is 7.86. The number of aromatic nitrogens is 6. The smallest absolute Gasteiger partial charge is 0.263 e. The zero-order valence-electron chi connectivity index (χ0n) is 18.4. The monoisotopic (exact) mass is 511 g/mol. The lowest BCUT2D eigenvalue weighted by Gasteiger charge is -2.32. The van der Waals surface area contributed by atoms with Gasteiger partial charge in [-0.2, -0.15) is 5.10 Å². The number of hydrogen-bond acceptors (Lipinski definition) is 10. The standard InChI is InChI=1S/C21H21N9O3S2/c31-20(27-16-3-5-17(6-4-16)35(32,33)28-21-23-7-9-34-21)15-2-1-8-29(11-15)18-10-19(25-13-24-18)30-14-22-12-26-30/h3-7,9-10,12-15H,1-2,8,11H2,(H,23,28)(H,27,31). The summed E-state index contributed by atoms with van der Waals surface area (Å²) >= 11 is 1.19. The summed E-state index contributed by atoms with van der Waals surface area (Å²) in [5, 5.41) is 8.96. The van der Waals surface area contributed by atoms with Crippen LogP contribution in [-0.2, 0) is 14.8 Å². The van der Waals surface area contributed by atoms with Crippen molar-refractivity contribution < 1.29 is 13.2 Å². The molecule has 1 aliphatic heterocycles. The highest BCUT2D eigenvalue weighted by atomic mass is 32.2. The minimum absolute atomic E-state index is 0.0847. The van der Waals surface area contributed by atoms with Crippen LogP contribution in [0.2, 0.25) is 0 Å². The van der Waals surface area contributed by atoms with E-state index in [1.54, 1.807) is 28.5 Å². The summed E-state index contributed by atoms with van der Waals surface area (Å²) in [6.07, 6.45) is 7.56. The molecule has 0 saturated carbocycles. The molecule has 12 nitrogen and oxygen atoms in total. The number of piperidine rings is 1. The van der Waals surface area contributed by atoms with E-state index in [0.717, 1.165) is 19.4 Å². The first kappa shape index (κ1) is 22.9. The molecule has 1 aliphatic rings. The number of nitrogens with one attached hydrogen (secondary N) is 2. The Balaban J connectivity index is 1.23. The van der Waals surface area contributed by atoms with Gasteiger partial charge in [-0.25, -0.2) is 33.0 Å². The van der Waals surface area contributed by atoms with E-state index < -0.39 is 10.0 Å². The molecule has 0 radical (unpaired) electrons. The largest absolute Gasteiger partial charge is 0.356 e.